The molecule has 6 heteroatoms. The molecule has 0 radical (unpaired) electrons. The molecule has 0 spiro atoms. The fourth-order valence-electron chi connectivity index (χ4n) is 1.03. The van der Waals surface area contributed by atoms with Gasteiger partial charge in [-0.1, -0.05) is 0 Å². The van der Waals surface area contributed by atoms with Crippen molar-refractivity contribution < 1.29 is 30.3 Å². The molecule has 72 valence electrons. The molecule has 1 aliphatic rings. The zero-order valence-electron chi connectivity index (χ0n) is 6.29. The van der Waals surface area contributed by atoms with Crippen LogP contribution in [-0.4, -0.2) is 62.8 Å². The van der Waals surface area contributed by atoms with Crippen molar-refractivity contribution in [3.8, 4) is 0 Å². The van der Waals surface area contributed by atoms with Crippen LogP contribution in [0.4, 0.5) is 0 Å². The molecule has 0 aliphatic carbocycles. The molecule has 0 amide bonds. The third-order valence-corrected chi connectivity index (χ3v) is 1.91. The summed E-state index contributed by atoms with van der Waals surface area (Å²) in [5.74, 6) is -2.17. The van der Waals surface area contributed by atoms with Crippen molar-refractivity contribution in [3.63, 3.8) is 0 Å². The molecule has 5 N–H and O–H groups in total. The first-order valence-corrected chi connectivity index (χ1v) is 3.52. The number of aliphatic hydroxyl groups excluding tert-OH is 4. The van der Waals surface area contributed by atoms with Gasteiger partial charge in [0, 0.05) is 0 Å². The Morgan fingerprint density at radius 2 is 1.92 bits per heavy atom. The molecule has 0 saturated carbocycles. The van der Waals surface area contributed by atoms with Crippen molar-refractivity contribution in [2.45, 2.75) is 24.1 Å². The molecule has 12 heavy (non-hydrogen) atoms. The molecule has 6 nitrogen and oxygen atoms in total. The summed E-state index contributed by atoms with van der Waals surface area (Å²) in [6, 6.07) is 0. The third kappa shape index (κ3) is 1.45. The standard InChI is InChI=1S/C6H12O6/c7-2-6(11)5(10)4(9)3(8)1-12-6/h3-5,7-11H,1-2H2/t3-,4-,5+,6?/m1/s1/i6+1. The van der Waals surface area contributed by atoms with Gasteiger partial charge in [0.05, 0.1) is 13.2 Å². The second kappa shape index (κ2) is 3.25. The number of aliphatic hydroxyl groups is 5. The highest BCUT2D eigenvalue weighted by Gasteiger charge is 2.47. The van der Waals surface area contributed by atoms with Gasteiger partial charge in [0.15, 0.2) is 0 Å². The van der Waals surface area contributed by atoms with E-state index in [1.54, 1.807) is 0 Å². The minimum absolute atomic E-state index is 0.324. The number of hydrogen-bond acceptors (Lipinski definition) is 6. The van der Waals surface area contributed by atoms with Gasteiger partial charge in [-0.3, -0.25) is 0 Å². The molecule has 1 heterocycles. The predicted molar refractivity (Wildman–Crippen MR) is 36.0 cm³/mol. The van der Waals surface area contributed by atoms with Crippen LogP contribution in [0.15, 0.2) is 0 Å². The van der Waals surface area contributed by atoms with Crippen LogP contribution in [0.5, 0.6) is 0 Å². The fourth-order valence-corrected chi connectivity index (χ4v) is 1.03. The van der Waals surface area contributed by atoms with Gasteiger partial charge in [0.1, 0.15) is 18.3 Å². The maximum atomic E-state index is 9.24. The lowest BCUT2D eigenvalue weighted by molar-refractivity contribution is -0.331. The summed E-state index contributed by atoms with van der Waals surface area (Å²) in [6.07, 6.45) is -4.45. The Morgan fingerprint density at radius 1 is 1.33 bits per heavy atom. The lowest BCUT2D eigenvalue weighted by Crippen LogP contribution is -2.62. The first-order chi connectivity index (χ1) is 5.51. The van der Waals surface area contributed by atoms with E-state index >= 15 is 0 Å². The summed E-state index contributed by atoms with van der Waals surface area (Å²) >= 11 is 0. The summed E-state index contributed by atoms with van der Waals surface area (Å²) in [5, 5.41) is 45.0. The quantitative estimate of drug-likeness (QED) is 0.272. The first-order valence-electron chi connectivity index (χ1n) is 3.52. The van der Waals surface area contributed by atoms with Gasteiger partial charge in [-0.2, -0.15) is 0 Å². The zero-order chi connectivity index (χ0) is 9.35. The van der Waals surface area contributed by atoms with Crippen molar-refractivity contribution >= 4 is 0 Å². The summed E-state index contributed by atoms with van der Waals surface area (Å²) in [7, 11) is 0. The normalized spacial score (nSPS) is 49.2. The summed E-state index contributed by atoms with van der Waals surface area (Å²) in [4.78, 5) is 0. The van der Waals surface area contributed by atoms with Crippen LogP contribution in [0, 0.1) is 0 Å². The van der Waals surface area contributed by atoms with Gasteiger partial charge < -0.3 is 30.3 Å². The lowest BCUT2D eigenvalue weighted by Gasteiger charge is -2.40. The monoisotopic (exact) mass is 181 g/mol. The van der Waals surface area contributed by atoms with E-state index in [2.05, 4.69) is 4.74 Å². The molecule has 1 saturated heterocycles. The summed E-state index contributed by atoms with van der Waals surface area (Å²) < 4.78 is 4.56. The Kier molecular flexibility index (Phi) is 2.67. The lowest BCUT2D eigenvalue weighted by atomic mass is 10.1. The highest BCUT2D eigenvalue weighted by Crippen LogP contribution is 2.22. The molecule has 0 bridgehead atoms. The second-order valence-electron chi connectivity index (χ2n) is 2.82. The molecule has 1 fully saturated rings. The van der Waals surface area contributed by atoms with Crippen LogP contribution in [0.1, 0.15) is 0 Å². The Morgan fingerprint density at radius 3 is 2.42 bits per heavy atom. The van der Waals surface area contributed by atoms with Crippen LogP contribution < -0.4 is 0 Å². The first kappa shape index (κ1) is 9.85. The van der Waals surface area contributed by atoms with Crippen molar-refractivity contribution in [1.82, 2.24) is 0 Å². The van der Waals surface area contributed by atoms with Crippen LogP contribution in [0.2, 0.25) is 0 Å². The molecule has 1 aliphatic heterocycles. The Bertz CT molecular complexity index is 162. The van der Waals surface area contributed by atoms with E-state index in [9.17, 15) is 5.11 Å². The fraction of sp³-hybridized carbons (Fsp3) is 1.00. The van der Waals surface area contributed by atoms with Gasteiger partial charge in [-0.15, -0.1) is 0 Å². The van der Waals surface area contributed by atoms with E-state index in [-0.39, 0.29) is 6.61 Å². The molecular formula is C6H12O6. The van der Waals surface area contributed by atoms with Crippen molar-refractivity contribution in [2.24, 2.45) is 0 Å². The van der Waals surface area contributed by atoms with Gasteiger partial charge in [-0.25, -0.2) is 0 Å². The highest BCUT2D eigenvalue weighted by atomic mass is 16.8. The molecule has 0 aromatic heterocycles. The Balaban J connectivity index is 2.71. The highest BCUT2D eigenvalue weighted by molar-refractivity contribution is 4.90. The van der Waals surface area contributed by atoms with E-state index in [1.165, 1.54) is 0 Å². The maximum absolute atomic E-state index is 9.24. The van der Waals surface area contributed by atoms with Crippen molar-refractivity contribution in [1.29, 1.82) is 0 Å². The number of rotatable bonds is 1. The minimum Gasteiger partial charge on any atom is -0.391 e. The Labute approximate surface area is 68.6 Å². The third-order valence-electron chi connectivity index (χ3n) is 1.91. The van der Waals surface area contributed by atoms with Gasteiger partial charge in [0.25, 0.3) is 0 Å². The predicted octanol–water partition coefficient (Wildman–Crippen LogP) is -3.22. The summed E-state index contributed by atoms with van der Waals surface area (Å²) in [6.45, 7) is -1.16. The van der Waals surface area contributed by atoms with Gasteiger partial charge >= 0.3 is 0 Å². The summed E-state index contributed by atoms with van der Waals surface area (Å²) in [5.41, 5.74) is 0. The van der Waals surface area contributed by atoms with Crippen molar-refractivity contribution in [3.05, 3.63) is 0 Å². The van der Waals surface area contributed by atoms with Crippen molar-refractivity contribution in [2.75, 3.05) is 13.2 Å². The molecule has 1 unspecified atom stereocenters. The Hall–Kier alpha value is -0.240. The minimum atomic E-state index is -2.17. The van der Waals surface area contributed by atoms with Crippen LogP contribution in [-0.2, 0) is 4.74 Å². The van der Waals surface area contributed by atoms with E-state index in [0.29, 0.717) is 0 Å². The number of hydrogen-bond donors (Lipinski definition) is 5. The average molecular weight is 181 g/mol. The SMILES string of the molecule is OC[13C]1(O)OC[C@@H](O)[C@@H](O)[C@@H]1O. The van der Waals surface area contributed by atoms with E-state index in [4.69, 9.17) is 20.4 Å². The van der Waals surface area contributed by atoms with E-state index < -0.39 is 30.7 Å². The number of ether oxygens (including phenoxy) is 1. The van der Waals surface area contributed by atoms with Gasteiger partial charge in [0.2, 0.25) is 5.79 Å². The molecule has 0 aromatic rings. The smallest absolute Gasteiger partial charge is 0.218 e. The molecule has 4 atom stereocenters. The molecule has 0 aromatic carbocycles. The maximum Gasteiger partial charge on any atom is 0.218 e. The van der Waals surface area contributed by atoms with Crippen LogP contribution in [0.3, 0.4) is 0 Å². The topological polar surface area (TPSA) is 110 Å². The van der Waals surface area contributed by atoms with E-state index in [0.717, 1.165) is 0 Å². The largest absolute Gasteiger partial charge is 0.391 e. The second-order valence-corrected chi connectivity index (χ2v) is 2.82. The zero-order valence-corrected chi connectivity index (χ0v) is 6.29. The van der Waals surface area contributed by atoms with Crippen LogP contribution >= 0.6 is 0 Å². The average Bonchev–Trinajstić information content (AvgIpc) is 2.09. The van der Waals surface area contributed by atoms with Crippen LogP contribution in [0.25, 0.3) is 0 Å². The molecular weight excluding hydrogens is 169 g/mol. The van der Waals surface area contributed by atoms with E-state index in [1.807, 2.05) is 0 Å². The molecule has 1 rings (SSSR count). The van der Waals surface area contributed by atoms with Gasteiger partial charge in [-0.05, 0) is 0 Å².